The first-order chi connectivity index (χ1) is 16.0. The molecule has 0 aromatic heterocycles. The van der Waals surface area contributed by atoms with Gasteiger partial charge in [0.2, 0.25) is 5.91 Å². The van der Waals surface area contributed by atoms with Gasteiger partial charge in [-0.25, -0.2) is 0 Å². The van der Waals surface area contributed by atoms with Crippen molar-refractivity contribution in [1.29, 1.82) is 0 Å². The highest BCUT2D eigenvalue weighted by Crippen LogP contribution is 2.43. The Balaban J connectivity index is 1.82. The second-order valence-corrected chi connectivity index (χ2v) is 8.78. The molecule has 33 heavy (non-hydrogen) atoms. The zero-order valence-corrected chi connectivity index (χ0v) is 19.6. The Bertz CT molecular complexity index is 1130. The number of ether oxygens (including phenoxy) is 1. The second kappa shape index (κ2) is 10.4. The Hall–Kier alpha value is -2.86. The third-order valence-corrected chi connectivity index (χ3v) is 6.31. The second-order valence-electron chi connectivity index (χ2n) is 7.90. The van der Waals surface area contributed by atoms with Crippen molar-refractivity contribution in [2.75, 3.05) is 20.3 Å². The summed E-state index contributed by atoms with van der Waals surface area (Å²) in [7, 11) is 1.59. The molecule has 2 atom stereocenters. The lowest BCUT2D eigenvalue weighted by atomic mass is 9.79. The fourth-order valence-corrected chi connectivity index (χ4v) is 4.51. The highest BCUT2D eigenvalue weighted by molar-refractivity contribution is 6.30. The van der Waals surface area contributed by atoms with Gasteiger partial charge in [-0.2, -0.15) is 0 Å². The van der Waals surface area contributed by atoms with Crippen LogP contribution in [0.4, 0.5) is 0 Å². The quantitative estimate of drug-likeness (QED) is 0.468. The first-order valence-corrected chi connectivity index (χ1v) is 11.4. The molecule has 3 aromatic carbocycles. The average molecular weight is 483 g/mol. The predicted molar refractivity (Wildman–Crippen MR) is 130 cm³/mol. The van der Waals surface area contributed by atoms with Crippen LogP contribution in [0.1, 0.15) is 39.0 Å². The summed E-state index contributed by atoms with van der Waals surface area (Å²) >= 11 is 12.2. The van der Waals surface area contributed by atoms with E-state index in [0.29, 0.717) is 40.9 Å². The molecule has 0 aliphatic carbocycles. The van der Waals surface area contributed by atoms with Crippen LogP contribution in [-0.2, 0) is 16.1 Å². The molecule has 1 aliphatic heterocycles. The lowest BCUT2D eigenvalue weighted by Gasteiger charge is -2.42. The molecule has 0 saturated carbocycles. The van der Waals surface area contributed by atoms with Gasteiger partial charge in [0.15, 0.2) is 0 Å². The van der Waals surface area contributed by atoms with E-state index in [1.54, 1.807) is 42.3 Å². The van der Waals surface area contributed by atoms with Crippen LogP contribution in [0.25, 0.3) is 0 Å². The summed E-state index contributed by atoms with van der Waals surface area (Å²) in [5.74, 6) is -0.876. The summed E-state index contributed by atoms with van der Waals surface area (Å²) in [5.41, 5.74) is 3.00. The number of carbonyl (C=O) groups excluding carboxylic acids is 2. The molecule has 0 fully saturated rings. The normalized spacial score (nSPS) is 17.5. The summed E-state index contributed by atoms with van der Waals surface area (Å²) < 4.78 is 5.10. The molecule has 5 nitrogen and oxygen atoms in total. The van der Waals surface area contributed by atoms with Gasteiger partial charge in [-0.3, -0.25) is 9.59 Å². The number of amides is 2. The first-order valence-electron chi connectivity index (χ1n) is 10.7. The first kappa shape index (κ1) is 23.3. The zero-order valence-electron chi connectivity index (χ0n) is 18.1. The maximum absolute atomic E-state index is 13.7. The van der Waals surface area contributed by atoms with Crippen LogP contribution in [-0.4, -0.2) is 37.0 Å². The van der Waals surface area contributed by atoms with Crippen molar-refractivity contribution in [2.24, 2.45) is 0 Å². The summed E-state index contributed by atoms with van der Waals surface area (Å²) in [6, 6.07) is 21.5. The minimum atomic E-state index is -0.593. The summed E-state index contributed by atoms with van der Waals surface area (Å²) in [6.45, 7) is 1.12. The molecule has 0 saturated heterocycles. The van der Waals surface area contributed by atoms with Crippen molar-refractivity contribution in [3.63, 3.8) is 0 Å². The molecule has 7 heteroatoms. The number of hydrogen-bond donors (Lipinski definition) is 1. The van der Waals surface area contributed by atoms with E-state index >= 15 is 0 Å². The molecule has 1 aliphatic rings. The Morgan fingerprint density at radius 1 is 0.970 bits per heavy atom. The van der Waals surface area contributed by atoms with Crippen LogP contribution in [0.2, 0.25) is 10.0 Å². The number of rotatable bonds is 7. The van der Waals surface area contributed by atoms with Crippen LogP contribution < -0.4 is 5.32 Å². The van der Waals surface area contributed by atoms with E-state index in [0.717, 1.165) is 11.1 Å². The largest absolute Gasteiger partial charge is 0.383 e. The van der Waals surface area contributed by atoms with Crippen molar-refractivity contribution >= 4 is 35.0 Å². The molecular weight excluding hydrogens is 459 g/mol. The zero-order chi connectivity index (χ0) is 23.4. The van der Waals surface area contributed by atoms with E-state index < -0.39 is 12.0 Å². The van der Waals surface area contributed by atoms with Gasteiger partial charge in [0.1, 0.15) is 0 Å². The van der Waals surface area contributed by atoms with Gasteiger partial charge in [0.05, 0.1) is 18.6 Å². The lowest BCUT2D eigenvalue weighted by molar-refractivity contribution is -0.124. The van der Waals surface area contributed by atoms with Crippen LogP contribution in [0.15, 0.2) is 72.8 Å². The van der Waals surface area contributed by atoms with Crippen LogP contribution in [0, 0.1) is 0 Å². The summed E-state index contributed by atoms with van der Waals surface area (Å²) in [5, 5.41) is 4.18. The number of carbonyl (C=O) groups is 2. The van der Waals surface area contributed by atoms with Crippen LogP contribution >= 0.6 is 23.2 Å². The van der Waals surface area contributed by atoms with Crippen LogP contribution in [0.5, 0.6) is 0 Å². The van der Waals surface area contributed by atoms with Gasteiger partial charge in [-0.05, 0) is 47.0 Å². The number of nitrogens with one attached hydrogen (secondary N) is 1. The van der Waals surface area contributed by atoms with Crippen molar-refractivity contribution in [3.8, 4) is 0 Å². The van der Waals surface area contributed by atoms with Gasteiger partial charge >= 0.3 is 0 Å². The summed E-state index contributed by atoms with van der Waals surface area (Å²) in [6.07, 6.45) is 0. The number of methoxy groups -OCH3 is 1. The third-order valence-electron chi connectivity index (χ3n) is 5.80. The van der Waals surface area contributed by atoms with Crippen molar-refractivity contribution in [2.45, 2.75) is 18.5 Å². The molecule has 2 amide bonds. The molecule has 0 spiro atoms. The monoisotopic (exact) mass is 482 g/mol. The molecule has 0 unspecified atom stereocenters. The highest BCUT2D eigenvalue weighted by atomic mass is 35.5. The minimum Gasteiger partial charge on any atom is -0.383 e. The van der Waals surface area contributed by atoms with Crippen molar-refractivity contribution < 1.29 is 14.3 Å². The molecule has 170 valence electrons. The van der Waals surface area contributed by atoms with Crippen molar-refractivity contribution in [1.82, 2.24) is 10.2 Å². The fraction of sp³-hybridized carbons (Fsp3) is 0.231. The average Bonchev–Trinajstić information content (AvgIpc) is 2.82. The number of nitrogens with zero attached hydrogens (tertiary/aromatic N) is 1. The maximum Gasteiger partial charge on any atom is 0.255 e. The minimum absolute atomic E-state index is 0.124. The standard InChI is InChI=1S/C26H24Cl2N2O3/c1-33-15-14-29-25(31)23-21-4-2-3-5-22(21)26(32)30(16-17-6-10-19(27)11-7-17)24(23)18-8-12-20(28)13-9-18/h2-13,23-24H,14-16H2,1H3,(H,29,31)/t23-,24-/m1/s1. The third kappa shape index (κ3) is 5.06. The molecule has 1 N–H and O–H groups in total. The number of benzene rings is 3. The molecule has 0 bridgehead atoms. The topological polar surface area (TPSA) is 58.6 Å². The Morgan fingerprint density at radius 3 is 2.27 bits per heavy atom. The number of halogens is 2. The van der Waals surface area contributed by atoms with Crippen molar-refractivity contribution in [3.05, 3.63) is 105 Å². The SMILES string of the molecule is COCCNC(=O)[C@@H]1c2ccccc2C(=O)N(Cc2ccc(Cl)cc2)[C@@H]1c1ccc(Cl)cc1. The molecule has 3 aromatic rings. The maximum atomic E-state index is 13.7. The van der Waals surface area contributed by atoms with Gasteiger partial charge in [0, 0.05) is 35.8 Å². The smallest absolute Gasteiger partial charge is 0.255 e. The predicted octanol–water partition coefficient (Wildman–Crippen LogP) is 5.24. The molecule has 0 radical (unpaired) electrons. The van der Waals surface area contributed by atoms with Gasteiger partial charge in [0.25, 0.3) is 5.91 Å². The number of hydrogen-bond acceptors (Lipinski definition) is 3. The highest BCUT2D eigenvalue weighted by Gasteiger charge is 2.44. The molecule has 1 heterocycles. The van der Waals surface area contributed by atoms with E-state index in [4.69, 9.17) is 27.9 Å². The van der Waals surface area contributed by atoms with E-state index in [9.17, 15) is 9.59 Å². The van der Waals surface area contributed by atoms with E-state index in [1.807, 2.05) is 42.5 Å². The Kier molecular flexibility index (Phi) is 7.33. The van der Waals surface area contributed by atoms with Crippen LogP contribution in [0.3, 0.4) is 0 Å². The van der Waals surface area contributed by atoms with Gasteiger partial charge < -0.3 is 15.0 Å². The lowest BCUT2D eigenvalue weighted by Crippen LogP contribution is -2.47. The number of fused-ring (bicyclic) bond motifs is 1. The Morgan fingerprint density at radius 2 is 1.61 bits per heavy atom. The molecule has 4 rings (SSSR count). The van der Waals surface area contributed by atoms with Gasteiger partial charge in [-0.1, -0.05) is 65.7 Å². The van der Waals surface area contributed by atoms with E-state index in [-0.39, 0.29) is 11.8 Å². The van der Waals surface area contributed by atoms with Gasteiger partial charge in [-0.15, -0.1) is 0 Å². The van der Waals surface area contributed by atoms with E-state index in [1.165, 1.54) is 0 Å². The fourth-order valence-electron chi connectivity index (χ4n) is 4.25. The summed E-state index contributed by atoms with van der Waals surface area (Å²) in [4.78, 5) is 28.9. The Labute approximate surface area is 203 Å². The molecular formula is C26H24Cl2N2O3. The van der Waals surface area contributed by atoms with E-state index in [2.05, 4.69) is 5.32 Å².